The summed E-state index contributed by atoms with van der Waals surface area (Å²) in [5.41, 5.74) is 1.59. The van der Waals surface area contributed by atoms with Gasteiger partial charge in [-0.05, 0) is 36.6 Å². The summed E-state index contributed by atoms with van der Waals surface area (Å²) in [7, 11) is -0.850. The quantitative estimate of drug-likeness (QED) is 0.608. The molecule has 0 radical (unpaired) electrons. The second-order valence-electron chi connectivity index (χ2n) is 5.89. The first-order chi connectivity index (χ1) is 13.3. The van der Waals surface area contributed by atoms with Crippen LogP contribution in [0.15, 0.2) is 45.3 Å². The van der Waals surface area contributed by atoms with Crippen LogP contribution >= 0.6 is 22.7 Å². The Hall–Kier alpha value is -2.27. The smallest absolute Gasteiger partial charge is 0.275 e. The fourth-order valence-corrected chi connectivity index (χ4v) is 4.91. The SMILES string of the molecule is CCOc1ccc(NC(=O)c2csc(-c3ccsc3)n2)cc1S(=O)(=O)N(C)C. The minimum Gasteiger partial charge on any atom is -0.492 e. The van der Waals surface area contributed by atoms with E-state index in [2.05, 4.69) is 10.3 Å². The summed E-state index contributed by atoms with van der Waals surface area (Å²) in [6.07, 6.45) is 0. The Morgan fingerprint density at radius 1 is 1.25 bits per heavy atom. The van der Waals surface area contributed by atoms with Crippen molar-refractivity contribution in [3.63, 3.8) is 0 Å². The first-order valence-electron chi connectivity index (χ1n) is 8.31. The summed E-state index contributed by atoms with van der Waals surface area (Å²) >= 11 is 2.94. The van der Waals surface area contributed by atoms with E-state index in [4.69, 9.17) is 4.74 Å². The maximum atomic E-state index is 12.6. The van der Waals surface area contributed by atoms with Crippen molar-refractivity contribution < 1.29 is 17.9 Å². The molecule has 0 fully saturated rings. The highest BCUT2D eigenvalue weighted by Crippen LogP contribution is 2.30. The zero-order chi connectivity index (χ0) is 20.3. The van der Waals surface area contributed by atoms with Gasteiger partial charge in [-0.25, -0.2) is 17.7 Å². The number of ether oxygens (including phenoxy) is 1. The van der Waals surface area contributed by atoms with Gasteiger partial charge in [0.15, 0.2) is 0 Å². The molecule has 1 N–H and O–H groups in total. The van der Waals surface area contributed by atoms with Gasteiger partial charge in [0, 0.05) is 36.1 Å². The van der Waals surface area contributed by atoms with Crippen molar-refractivity contribution in [1.29, 1.82) is 0 Å². The molecule has 2 aromatic heterocycles. The van der Waals surface area contributed by atoms with Crippen molar-refractivity contribution in [2.24, 2.45) is 0 Å². The molecule has 3 aromatic rings. The van der Waals surface area contributed by atoms with E-state index in [1.165, 1.54) is 37.6 Å². The van der Waals surface area contributed by atoms with Crippen molar-refractivity contribution in [3.05, 3.63) is 46.1 Å². The Balaban J connectivity index is 1.87. The molecule has 0 aliphatic carbocycles. The molecule has 0 unspecified atom stereocenters. The molecule has 1 amide bonds. The monoisotopic (exact) mass is 437 g/mol. The van der Waals surface area contributed by atoms with Gasteiger partial charge < -0.3 is 10.1 Å². The van der Waals surface area contributed by atoms with Crippen LogP contribution in [0.3, 0.4) is 0 Å². The Morgan fingerprint density at radius 2 is 2.04 bits per heavy atom. The zero-order valence-electron chi connectivity index (χ0n) is 15.5. The molecule has 0 spiro atoms. The molecular formula is C18H19N3O4S3. The third-order valence-electron chi connectivity index (χ3n) is 3.76. The topological polar surface area (TPSA) is 88.6 Å². The fourth-order valence-electron chi connectivity index (χ4n) is 2.35. The number of nitrogens with one attached hydrogen (secondary N) is 1. The van der Waals surface area contributed by atoms with Crippen LogP contribution in [0.2, 0.25) is 0 Å². The molecule has 0 saturated carbocycles. The van der Waals surface area contributed by atoms with E-state index in [-0.39, 0.29) is 16.3 Å². The number of rotatable bonds is 7. The normalized spacial score (nSPS) is 11.6. The lowest BCUT2D eigenvalue weighted by atomic mass is 10.3. The van der Waals surface area contributed by atoms with Gasteiger partial charge in [0.25, 0.3) is 5.91 Å². The van der Waals surface area contributed by atoms with Gasteiger partial charge >= 0.3 is 0 Å². The highest BCUT2D eigenvalue weighted by Gasteiger charge is 2.23. The maximum Gasteiger partial charge on any atom is 0.275 e. The zero-order valence-corrected chi connectivity index (χ0v) is 18.0. The Labute approximate surface area is 171 Å². The van der Waals surface area contributed by atoms with Crippen LogP contribution in [0.5, 0.6) is 5.75 Å². The van der Waals surface area contributed by atoms with Crippen molar-refractivity contribution in [2.45, 2.75) is 11.8 Å². The number of amides is 1. The number of nitrogens with zero attached hydrogens (tertiary/aromatic N) is 2. The Kier molecular flexibility index (Phi) is 6.14. The van der Waals surface area contributed by atoms with E-state index in [1.54, 1.807) is 29.7 Å². The molecule has 10 heteroatoms. The van der Waals surface area contributed by atoms with Crippen LogP contribution in [-0.2, 0) is 10.0 Å². The summed E-state index contributed by atoms with van der Waals surface area (Å²) in [5, 5.41) is 9.05. The number of thiazole rings is 1. The molecule has 0 saturated heterocycles. The van der Waals surface area contributed by atoms with Crippen molar-refractivity contribution in [3.8, 4) is 16.3 Å². The van der Waals surface area contributed by atoms with Crippen molar-refractivity contribution >= 4 is 44.3 Å². The summed E-state index contributed by atoms with van der Waals surface area (Å²) in [4.78, 5) is 16.9. The Bertz CT molecular complexity index is 1070. The fraction of sp³-hybridized carbons (Fsp3) is 0.222. The molecule has 0 aliphatic rings. The third-order valence-corrected chi connectivity index (χ3v) is 7.18. The van der Waals surface area contributed by atoms with Gasteiger partial charge in [-0.2, -0.15) is 11.3 Å². The summed E-state index contributed by atoms with van der Waals surface area (Å²) in [5.74, 6) is -0.169. The molecular weight excluding hydrogens is 418 g/mol. The molecule has 7 nitrogen and oxygen atoms in total. The maximum absolute atomic E-state index is 12.6. The molecule has 1 aromatic carbocycles. The minimum atomic E-state index is -3.73. The van der Waals surface area contributed by atoms with Crippen LogP contribution in [0.25, 0.3) is 10.6 Å². The number of aromatic nitrogens is 1. The predicted octanol–water partition coefficient (Wildman–Crippen LogP) is 3.77. The number of thiophene rings is 1. The van der Waals surface area contributed by atoms with Gasteiger partial charge in [0.1, 0.15) is 21.3 Å². The molecule has 0 atom stereocenters. The first kappa shape index (κ1) is 20.5. The first-order valence-corrected chi connectivity index (χ1v) is 11.6. The number of anilines is 1. The number of hydrogen-bond donors (Lipinski definition) is 1. The van der Waals surface area contributed by atoms with E-state index in [9.17, 15) is 13.2 Å². The molecule has 3 rings (SSSR count). The number of benzene rings is 1. The molecule has 2 heterocycles. The van der Waals surface area contributed by atoms with Crippen LogP contribution in [0, 0.1) is 0 Å². The lowest BCUT2D eigenvalue weighted by Gasteiger charge is -2.16. The van der Waals surface area contributed by atoms with Crippen LogP contribution in [0.1, 0.15) is 17.4 Å². The van der Waals surface area contributed by atoms with Gasteiger partial charge in [-0.1, -0.05) is 0 Å². The number of hydrogen-bond acceptors (Lipinski definition) is 7. The second-order valence-corrected chi connectivity index (χ2v) is 9.64. The number of carbonyl (C=O) groups is 1. The van der Waals surface area contributed by atoms with Gasteiger partial charge in [0.05, 0.1) is 6.61 Å². The molecule has 0 bridgehead atoms. The highest BCUT2D eigenvalue weighted by molar-refractivity contribution is 7.89. The van der Waals surface area contributed by atoms with E-state index in [1.807, 2.05) is 16.8 Å². The summed E-state index contributed by atoms with van der Waals surface area (Å²) in [6.45, 7) is 2.10. The van der Waals surface area contributed by atoms with Crippen LogP contribution in [-0.4, -0.2) is 44.3 Å². The van der Waals surface area contributed by atoms with E-state index in [0.717, 1.165) is 14.9 Å². The van der Waals surface area contributed by atoms with Gasteiger partial charge in [-0.15, -0.1) is 11.3 Å². The standard InChI is InChI=1S/C18H19N3O4S3/c1-4-25-15-6-5-13(9-16(15)28(23,24)21(2)3)19-17(22)14-11-27-18(20-14)12-7-8-26-10-12/h5-11H,4H2,1-3H3,(H,19,22). The second kappa shape index (κ2) is 8.39. The lowest BCUT2D eigenvalue weighted by Crippen LogP contribution is -2.23. The average molecular weight is 438 g/mol. The van der Waals surface area contributed by atoms with E-state index < -0.39 is 15.9 Å². The van der Waals surface area contributed by atoms with Gasteiger partial charge in [-0.3, -0.25) is 4.79 Å². The summed E-state index contributed by atoms with van der Waals surface area (Å²) in [6, 6.07) is 6.47. The van der Waals surface area contributed by atoms with Crippen molar-refractivity contribution in [1.82, 2.24) is 9.29 Å². The highest BCUT2D eigenvalue weighted by atomic mass is 32.2. The summed E-state index contributed by atoms with van der Waals surface area (Å²) < 4.78 is 31.7. The van der Waals surface area contributed by atoms with Crippen molar-refractivity contribution in [2.75, 3.05) is 26.0 Å². The van der Waals surface area contributed by atoms with E-state index in [0.29, 0.717) is 12.3 Å². The Morgan fingerprint density at radius 3 is 2.68 bits per heavy atom. The molecule has 28 heavy (non-hydrogen) atoms. The molecule has 148 valence electrons. The lowest BCUT2D eigenvalue weighted by molar-refractivity contribution is 0.102. The van der Waals surface area contributed by atoms with Crippen LogP contribution in [0.4, 0.5) is 5.69 Å². The minimum absolute atomic E-state index is 0.00519. The van der Waals surface area contributed by atoms with Crippen LogP contribution < -0.4 is 10.1 Å². The number of sulfonamides is 1. The predicted molar refractivity (Wildman–Crippen MR) is 112 cm³/mol. The van der Waals surface area contributed by atoms with E-state index >= 15 is 0 Å². The third kappa shape index (κ3) is 4.25. The average Bonchev–Trinajstić information content (AvgIpc) is 3.34. The number of carbonyl (C=O) groups excluding carboxylic acids is 1. The molecule has 0 aliphatic heterocycles. The largest absolute Gasteiger partial charge is 0.492 e. The van der Waals surface area contributed by atoms with Gasteiger partial charge in [0.2, 0.25) is 10.0 Å².